The second-order valence-electron chi connectivity index (χ2n) is 8.73. The molecule has 1 saturated heterocycles. The summed E-state index contributed by atoms with van der Waals surface area (Å²) in [7, 11) is 2.03. The minimum absolute atomic E-state index is 0.386. The van der Waals surface area contributed by atoms with E-state index in [9.17, 15) is 0 Å². The first-order valence-corrected chi connectivity index (χ1v) is 11.7. The molecule has 0 atom stereocenters. The lowest BCUT2D eigenvalue weighted by Crippen LogP contribution is -2.37. The molecular formula is C23H35N9. The molecule has 172 valence electrons. The molecule has 0 bridgehead atoms. The fraction of sp³-hybridized carbons (Fsp3) is 0.565. The van der Waals surface area contributed by atoms with E-state index in [4.69, 9.17) is 10.7 Å². The van der Waals surface area contributed by atoms with Gasteiger partial charge in [-0.25, -0.2) is 14.5 Å². The molecule has 1 fully saturated rings. The average molecular weight is 438 g/mol. The van der Waals surface area contributed by atoms with Crippen LogP contribution in [0.25, 0.3) is 5.65 Å². The Morgan fingerprint density at radius 2 is 2.00 bits per heavy atom. The Balaban J connectivity index is 1.49. The number of aromatic nitrogens is 5. The number of hydrogen-bond acceptors (Lipinski definition) is 8. The van der Waals surface area contributed by atoms with E-state index in [0.717, 1.165) is 62.0 Å². The Morgan fingerprint density at radius 1 is 1.19 bits per heavy atom. The molecule has 9 heteroatoms. The van der Waals surface area contributed by atoms with Gasteiger partial charge in [-0.3, -0.25) is 0 Å². The van der Waals surface area contributed by atoms with Crippen molar-refractivity contribution in [3.05, 3.63) is 35.3 Å². The highest BCUT2D eigenvalue weighted by molar-refractivity contribution is 5.61. The van der Waals surface area contributed by atoms with Gasteiger partial charge < -0.3 is 21.3 Å². The molecular weight excluding hydrogens is 402 g/mol. The van der Waals surface area contributed by atoms with Gasteiger partial charge in [-0.2, -0.15) is 4.98 Å². The number of aryl methyl sites for hydroxylation is 1. The monoisotopic (exact) mass is 437 g/mol. The molecule has 1 aliphatic rings. The van der Waals surface area contributed by atoms with Gasteiger partial charge in [-0.05, 0) is 56.8 Å². The van der Waals surface area contributed by atoms with Crippen molar-refractivity contribution >= 4 is 23.2 Å². The summed E-state index contributed by atoms with van der Waals surface area (Å²) in [6.45, 7) is 8.36. The molecule has 0 unspecified atom stereocenters. The number of imidazole rings is 1. The number of hydrogen-bond donors (Lipinski definition) is 3. The standard InChI is InChI=1S/C23H35N9/c1-4-5-8-26-23-29-20(24)22-28-15-19(32(22)30-23)12-18-11-16(2)21(27-14-18)31-9-6-17(7-10-31)13-25-3/h11,14-15,17,25H,4-10,12-13H2,1-3H3,(H3,24,26,29,30). The van der Waals surface area contributed by atoms with Gasteiger partial charge in [0.15, 0.2) is 11.5 Å². The molecule has 1 aliphatic heterocycles. The van der Waals surface area contributed by atoms with Gasteiger partial charge in [0.2, 0.25) is 5.95 Å². The molecule has 3 aromatic rings. The number of unbranched alkanes of at least 4 members (excludes halogenated alkanes) is 1. The van der Waals surface area contributed by atoms with E-state index < -0.39 is 0 Å². The topological polar surface area (TPSA) is 109 Å². The van der Waals surface area contributed by atoms with Crippen molar-refractivity contribution in [3.63, 3.8) is 0 Å². The Bertz CT molecular complexity index is 1040. The number of anilines is 3. The third kappa shape index (κ3) is 4.93. The van der Waals surface area contributed by atoms with E-state index in [1.807, 2.05) is 19.4 Å². The Morgan fingerprint density at radius 3 is 2.72 bits per heavy atom. The van der Waals surface area contributed by atoms with Gasteiger partial charge >= 0.3 is 0 Å². The van der Waals surface area contributed by atoms with Crippen LogP contribution in [0.3, 0.4) is 0 Å². The highest BCUT2D eigenvalue weighted by Gasteiger charge is 2.21. The summed E-state index contributed by atoms with van der Waals surface area (Å²) in [6.07, 6.45) is 9.07. The van der Waals surface area contributed by atoms with Crippen LogP contribution in [-0.4, -0.2) is 57.8 Å². The Labute approximate surface area is 189 Å². The van der Waals surface area contributed by atoms with Crippen molar-refractivity contribution in [1.82, 2.24) is 29.9 Å². The molecule has 0 spiro atoms. The summed E-state index contributed by atoms with van der Waals surface area (Å²) in [4.78, 5) is 16.0. The smallest absolute Gasteiger partial charge is 0.243 e. The van der Waals surface area contributed by atoms with Crippen LogP contribution in [0.2, 0.25) is 0 Å². The van der Waals surface area contributed by atoms with Gasteiger partial charge in [0.25, 0.3) is 0 Å². The summed E-state index contributed by atoms with van der Waals surface area (Å²) >= 11 is 0. The van der Waals surface area contributed by atoms with Crippen LogP contribution in [0, 0.1) is 12.8 Å². The van der Waals surface area contributed by atoms with Crippen molar-refractivity contribution in [3.8, 4) is 0 Å². The number of rotatable bonds is 9. The summed E-state index contributed by atoms with van der Waals surface area (Å²) in [5.74, 6) is 2.79. The summed E-state index contributed by atoms with van der Waals surface area (Å²) in [5, 5.41) is 11.2. The normalized spacial score (nSPS) is 14.9. The van der Waals surface area contributed by atoms with E-state index in [1.165, 1.54) is 18.4 Å². The number of nitrogens with two attached hydrogens (primary N) is 1. The maximum absolute atomic E-state index is 6.13. The molecule has 0 radical (unpaired) electrons. The maximum atomic E-state index is 6.13. The van der Waals surface area contributed by atoms with E-state index in [1.54, 1.807) is 4.52 Å². The van der Waals surface area contributed by atoms with Gasteiger partial charge in [0.05, 0.1) is 11.9 Å². The fourth-order valence-corrected chi connectivity index (χ4v) is 4.42. The van der Waals surface area contributed by atoms with E-state index in [0.29, 0.717) is 23.8 Å². The largest absolute Gasteiger partial charge is 0.380 e. The highest BCUT2D eigenvalue weighted by atomic mass is 15.3. The highest BCUT2D eigenvalue weighted by Crippen LogP contribution is 2.25. The lowest BCUT2D eigenvalue weighted by molar-refractivity contribution is 0.392. The second-order valence-corrected chi connectivity index (χ2v) is 8.73. The number of fused-ring (bicyclic) bond motifs is 1. The number of piperidine rings is 1. The molecule has 4 heterocycles. The van der Waals surface area contributed by atoms with E-state index in [2.05, 4.69) is 50.5 Å². The van der Waals surface area contributed by atoms with Crippen LogP contribution in [0.5, 0.6) is 0 Å². The third-order valence-corrected chi connectivity index (χ3v) is 6.17. The first-order valence-electron chi connectivity index (χ1n) is 11.7. The zero-order valence-corrected chi connectivity index (χ0v) is 19.4. The maximum Gasteiger partial charge on any atom is 0.243 e. The molecule has 3 aromatic heterocycles. The fourth-order valence-electron chi connectivity index (χ4n) is 4.42. The van der Waals surface area contributed by atoms with Crippen molar-refractivity contribution in [2.75, 3.05) is 49.2 Å². The zero-order valence-electron chi connectivity index (χ0n) is 19.4. The predicted molar refractivity (Wildman–Crippen MR) is 129 cm³/mol. The van der Waals surface area contributed by atoms with E-state index in [-0.39, 0.29) is 0 Å². The lowest BCUT2D eigenvalue weighted by atomic mass is 9.96. The number of nitrogens with one attached hydrogen (secondary N) is 2. The van der Waals surface area contributed by atoms with Crippen molar-refractivity contribution < 1.29 is 0 Å². The van der Waals surface area contributed by atoms with Crippen LogP contribution >= 0.6 is 0 Å². The summed E-state index contributed by atoms with van der Waals surface area (Å²) in [5.41, 5.74) is 10.0. The molecule has 4 rings (SSSR count). The lowest BCUT2D eigenvalue weighted by Gasteiger charge is -2.33. The van der Waals surface area contributed by atoms with Crippen molar-refractivity contribution in [2.45, 2.75) is 46.0 Å². The van der Waals surface area contributed by atoms with Crippen molar-refractivity contribution in [2.24, 2.45) is 5.92 Å². The van der Waals surface area contributed by atoms with Gasteiger partial charge in [-0.15, -0.1) is 5.10 Å². The molecule has 32 heavy (non-hydrogen) atoms. The predicted octanol–water partition coefficient (Wildman–Crippen LogP) is 2.65. The SMILES string of the molecule is CCCCNc1nc(N)c2ncc(Cc3cnc(N4CCC(CNC)CC4)c(C)c3)n2n1. The van der Waals surface area contributed by atoms with Crippen LogP contribution in [0.15, 0.2) is 18.5 Å². The number of nitrogen functional groups attached to an aromatic ring is 1. The summed E-state index contributed by atoms with van der Waals surface area (Å²) < 4.78 is 1.80. The Hall–Kier alpha value is -2.94. The van der Waals surface area contributed by atoms with Crippen LogP contribution in [0.4, 0.5) is 17.6 Å². The zero-order chi connectivity index (χ0) is 22.5. The Kier molecular flexibility index (Phi) is 7.04. The van der Waals surface area contributed by atoms with Crippen LogP contribution in [-0.2, 0) is 6.42 Å². The minimum atomic E-state index is 0.386. The number of nitrogens with zero attached hydrogens (tertiary/aromatic N) is 6. The quantitative estimate of drug-likeness (QED) is 0.438. The van der Waals surface area contributed by atoms with Crippen molar-refractivity contribution in [1.29, 1.82) is 0 Å². The van der Waals surface area contributed by atoms with Crippen LogP contribution < -0.4 is 21.3 Å². The molecule has 0 aromatic carbocycles. The first-order chi connectivity index (χ1) is 15.6. The molecule has 9 nitrogen and oxygen atoms in total. The number of pyridine rings is 1. The first kappa shape index (κ1) is 22.3. The summed E-state index contributed by atoms with van der Waals surface area (Å²) in [6, 6.07) is 2.23. The van der Waals surface area contributed by atoms with Crippen LogP contribution in [0.1, 0.15) is 49.4 Å². The molecule has 0 saturated carbocycles. The van der Waals surface area contributed by atoms with E-state index >= 15 is 0 Å². The minimum Gasteiger partial charge on any atom is -0.380 e. The third-order valence-electron chi connectivity index (χ3n) is 6.17. The average Bonchev–Trinajstić information content (AvgIpc) is 3.18. The van der Waals surface area contributed by atoms with Gasteiger partial charge in [-0.1, -0.05) is 19.4 Å². The molecule has 0 amide bonds. The van der Waals surface area contributed by atoms with Gasteiger partial charge in [0.1, 0.15) is 5.82 Å². The second kappa shape index (κ2) is 10.1. The van der Waals surface area contributed by atoms with Gasteiger partial charge in [0, 0.05) is 32.3 Å². The molecule has 0 aliphatic carbocycles. The molecule has 4 N–H and O–H groups in total.